The zero-order valence-electron chi connectivity index (χ0n) is 17.4. The number of carbonyl (C=O) groups excluding carboxylic acids is 2. The molecule has 1 aromatic heterocycles. The Labute approximate surface area is 177 Å². The molecule has 1 N–H and O–H groups in total. The van der Waals surface area contributed by atoms with Crippen LogP contribution in [-0.2, 0) is 27.3 Å². The fraction of sp³-hybridized carbons (Fsp3) is 0.435. The highest BCUT2D eigenvalue weighted by molar-refractivity contribution is 5.82. The number of benzene rings is 1. The summed E-state index contributed by atoms with van der Waals surface area (Å²) in [6.45, 7) is 9.83. The number of hydrogen-bond donors (Lipinski definition) is 1. The van der Waals surface area contributed by atoms with Gasteiger partial charge in [0.2, 0.25) is 11.8 Å². The molecule has 0 saturated carbocycles. The Hall–Kier alpha value is -2.93. The van der Waals surface area contributed by atoms with Gasteiger partial charge in [-0.1, -0.05) is 24.3 Å². The second kappa shape index (κ2) is 10.7. The number of amides is 2. The van der Waals surface area contributed by atoms with Crippen LogP contribution in [0.15, 0.2) is 49.6 Å². The summed E-state index contributed by atoms with van der Waals surface area (Å²) in [7, 11) is 0. The van der Waals surface area contributed by atoms with Crippen molar-refractivity contribution in [2.24, 2.45) is 0 Å². The Bertz CT molecular complexity index is 889. The van der Waals surface area contributed by atoms with E-state index < -0.39 is 0 Å². The molecule has 7 heteroatoms. The van der Waals surface area contributed by atoms with Gasteiger partial charge >= 0.3 is 0 Å². The van der Waals surface area contributed by atoms with Crippen LogP contribution in [0.25, 0.3) is 11.0 Å². The van der Waals surface area contributed by atoms with E-state index in [1.165, 1.54) is 0 Å². The molecule has 30 heavy (non-hydrogen) atoms. The first-order valence-corrected chi connectivity index (χ1v) is 10.5. The molecule has 0 radical (unpaired) electrons. The first kappa shape index (κ1) is 21.8. The quantitative estimate of drug-likeness (QED) is 0.456. The Morgan fingerprint density at radius 3 is 2.73 bits per heavy atom. The van der Waals surface area contributed by atoms with E-state index in [1.807, 2.05) is 28.8 Å². The van der Waals surface area contributed by atoms with Crippen LogP contribution in [0.4, 0.5) is 0 Å². The van der Waals surface area contributed by atoms with E-state index in [2.05, 4.69) is 18.5 Å². The first-order valence-electron chi connectivity index (χ1n) is 10.5. The molecule has 1 atom stereocenters. The molecule has 1 fully saturated rings. The van der Waals surface area contributed by atoms with Crippen molar-refractivity contribution >= 4 is 22.8 Å². The summed E-state index contributed by atoms with van der Waals surface area (Å²) in [6.07, 6.45) is 6.24. The van der Waals surface area contributed by atoms with Crippen LogP contribution in [0, 0.1) is 0 Å². The largest absolute Gasteiger partial charge is 0.368 e. The van der Waals surface area contributed by atoms with Gasteiger partial charge in [-0.2, -0.15) is 0 Å². The van der Waals surface area contributed by atoms with E-state index in [-0.39, 0.29) is 24.5 Å². The van der Waals surface area contributed by atoms with Gasteiger partial charge in [-0.3, -0.25) is 9.59 Å². The number of ether oxygens (including phenoxy) is 1. The highest BCUT2D eigenvalue weighted by Crippen LogP contribution is 2.18. The maximum absolute atomic E-state index is 12.9. The average molecular weight is 411 g/mol. The standard InChI is InChI=1S/C23H30N4O3/c1-3-14-26(15-4-2)22(28)17-27-19-10-6-5-9-18(19)25-21(27)12-7-13-24-23(29)20-11-8-16-30-20/h3-6,9-10,20H,1-2,7-8,11-17H2,(H,24,29). The fourth-order valence-electron chi connectivity index (χ4n) is 3.67. The normalized spacial score (nSPS) is 15.8. The van der Waals surface area contributed by atoms with Gasteiger partial charge in [0.05, 0.1) is 11.0 Å². The van der Waals surface area contributed by atoms with Crippen molar-refractivity contribution < 1.29 is 14.3 Å². The van der Waals surface area contributed by atoms with Crippen molar-refractivity contribution in [1.82, 2.24) is 19.8 Å². The molecule has 0 bridgehead atoms. The monoisotopic (exact) mass is 410 g/mol. The summed E-state index contributed by atoms with van der Waals surface area (Å²) in [5, 5.41) is 2.94. The van der Waals surface area contributed by atoms with Crippen LogP contribution < -0.4 is 5.32 Å². The van der Waals surface area contributed by atoms with Crippen molar-refractivity contribution in [3.05, 3.63) is 55.4 Å². The summed E-state index contributed by atoms with van der Waals surface area (Å²) < 4.78 is 7.38. The van der Waals surface area contributed by atoms with E-state index in [4.69, 9.17) is 9.72 Å². The van der Waals surface area contributed by atoms with Gasteiger partial charge in [0, 0.05) is 32.7 Å². The Balaban J connectivity index is 1.66. The lowest BCUT2D eigenvalue weighted by Crippen LogP contribution is -2.35. The van der Waals surface area contributed by atoms with Gasteiger partial charge in [-0.15, -0.1) is 13.2 Å². The lowest BCUT2D eigenvalue weighted by Gasteiger charge is -2.20. The second-order valence-corrected chi connectivity index (χ2v) is 7.38. The molecule has 7 nitrogen and oxygen atoms in total. The maximum Gasteiger partial charge on any atom is 0.249 e. The Morgan fingerprint density at radius 2 is 2.03 bits per heavy atom. The van der Waals surface area contributed by atoms with Gasteiger partial charge < -0.3 is 19.5 Å². The lowest BCUT2D eigenvalue weighted by atomic mass is 10.2. The molecular weight excluding hydrogens is 380 g/mol. The summed E-state index contributed by atoms with van der Waals surface area (Å²) in [5.74, 6) is 0.791. The van der Waals surface area contributed by atoms with Crippen molar-refractivity contribution in [2.45, 2.75) is 38.3 Å². The molecule has 2 aromatic rings. The predicted octanol–water partition coefficient (Wildman–Crippen LogP) is 2.46. The van der Waals surface area contributed by atoms with Crippen molar-refractivity contribution in [3.63, 3.8) is 0 Å². The lowest BCUT2D eigenvalue weighted by molar-refractivity contribution is -0.131. The molecule has 0 spiro atoms. The molecule has 1 aliphatic rings. The van der Waals surface area contributed by atoms with Crippen molar-refractivity contribution in [1.29, 1.82) is 0 Å². The van der Waals surface area contributed by atoms with Crippen molar-refractivity contribution in [3.8, 4) is 0 Å². The summed E-state index contributed by atoms with van der Waals surface area (Å²) in [4.78, 5) is 31.4. The third kappa shape index (κ3) is 5.36. The van der Waals surface area contributed by atoms with Crippen LogP contribution in [0.5, 0.6) is 0 Å². The minimum absolute atomic E-state index is 0.00844. The zero-order chi connectivity index (χ0) is 21.3. The van der Waals surface area contributed by atoms with E-state index in [9.17, 15) is 9.59 Å². The average Bonchev–Trinajstić information content (AvgIpc) is 3.40. The van der Waals surface area contributed by atoms with E-state index in [0.29, 0.717) is 32.7 Å². The van der Waals surface area contributed by atoms with E-state index in [0.717, 1.165) is 36.1 Å². The van der Waals surface area contributed by atoms with E-state index >= 15 is 0 Å². The van der Waals surface area contributed by atoms with Gasteiger partial charge in [0.25, 0.3) is 0 Å². The van der Waals surface area contributed by atoms with E-state index in [1.54, 1.807) is 17.1 Å². The van der Waals surface area contributed by atoms with Gasteiger partial charge in [-0.05, 0) is 31.4 Å². The third-order valence-electron chi connectivity index (χ3n) is 5.18. The topological polar surface area (TPSA) is 76.5 Å². The Morgan fingerprint density at radius 1 is 1.27 bits per heavy atom. The third-order valence-corrected chi connectivity index (χ3v) is 5.18. The molecule has 1 unspecified atom stereocenters. The molecular formula is C23H30N4O3. The van der Waals surface area contributed by atoms with Crippen LogP contribution in [0.2, 0.25) is 0 Å². The number of para-hydroxylation sites is 2. The summed E-state index contributed by atoms with van der Waals surface area (Å²) >= 11 is 0. The number of nitrogens with one attached hydrogen (secondary N) is 1. The molecule has 1 aromatic carbocycles. The smallest absolute Gasteiger partial charge is 0.249 e. The second-order valence-electron chi connectivity index (χ2n) is 7.38. The van der Waals surface area contributed by atoms with Crippen LogP contribution in [0.3, 0.4) is 0 Å². The zero-order valence-corrected chi connectivity index (χ0v) is 17.4. The molecule has 2 amide bonds. The molecule has 0 aliphatic carbocycles. The van der Waals surface area contributed by atoms with Crippen LogP contribution in [0.1, 0.15) is 25.1 Å². The number of hydrogen-bond acceptors (Lipinski definition) is 4. The highest BCUT2D eigenvalue weighted by atomic mass is 16.5. The minimum atomic E-state index is -0.312. The number of fused-ring (bicyclic) bond motifs is 1. The van der Waals surface area contributed by atoms with Crippen LogP contribution >= 0.6 is 0 Å². The number of imidazole rings is 1. The highest BCUT2D eigenvalue weighted by Gasteiger charge is 2.23. The van der Waals surface area contributed by atoms with Gasteiger partial charge in [0.1, 0.15) is 18.5 Å². The summed E-state index contributed by atoms with van der Waals surface area (Å²) in [6, 6.07) is 7.81. The molecule has 160 valence electrons. The molecule has 2 heterocycles. The Kier molecular flexibility index (Phi) is 7.79. The molecule has 1 saturated heterocycles. The number of rotatable bonds is 11. The summed E-state index contributed by atoms with van der Waals surface area (Å²) in [5.41, 5.74) is 1.80. The SMILES string of the molecule is C=CCN(CC=C)C(=O)Cn1c(CCCNC(=O)C2CCCO2)nc2ccccc21. The number of carbonyl (C=O) groups is 2. The minimum Gasteiger partial charge on any atom is -0.368 e. The predicted molar refractivity (Wildman–Crippen MR) is 117 cm³/mol. The number of aromatic nitrogens is 2. The number of nitrogens with zero attached hydrogens (tertiary/aromatic N) is 3. The maximum atomic E-state index is 12.9. The number of aryl methyl sites for hydroxylation is 1. The van der Waals surface area contributed by atoms with Gasteiger partial charge in [0.15, 0.2) is 0 Å². The molecule has 3 rings (SSSR count). The van der Waals surface area contributed by atoms with Gasteiger partial charge in [-0.25, -0.2) is 4.98 Å². The fourth-order valence-corrected chi connectivity index (χ4v) is 3.67. The molecule has 1 aliphatic heterocycles. The van der Waals surface area contributed by atoms with Crippen molar-refractivity contribution in [2.75, 3.05) is 26.2 Å². The first-order chi connectivity index (χ1) is 14.6. The van der Waals surface area contributed by atoms with Crippen LogP contribution in [-0.4, -0.2) is 58.6 Å².